The zero-order valence-electron chi connectivity index (χ0n) is 19.4. The van der Waals surface area contributed by atoms with Gasteiger partial charge in [-0.2, -0.15) is 0 Å². The molecule has 0 unspecified atom stereocenters. The molecule has 0 aromatic heterocycles. The molecule has 3 N–H and O–H groups in total. The standard InChI is InChI=1S/C27H29N3O5/c31-24-10-12-29(13-11-24)27(32)30(17-20-6-4-19(5-7-20)16-28-33)23-3-1-2-21(14-23)22-8-9-25-26(15-22)35-18-34-25/h1-9,14-15,24,28,31,33H,10-13,16-18H2. The lowest BCUT2D eigenvalue weighted by Gasteiger charge is -2.34. The molecular formula is C27H29N3O5. The van der Waals surface area contributed by atoms with Crippen molar-refractivity contribution in [1.82, 2.24) is 10.4 Å². The number of hydrogen-bond donors (Lipinski definition) is 3. The Hall–Kier alpha value is -3.59. The summed E-state index contributed by atoms with van der Waals surface area (Å²) in [6, 6.07) is 21.5. The summed E-state index contributed by atoms with van der Waals surface area (Å²) in [7, 11) is 0. The van der Waals surface area contributed by atoms with Crippen molar-refractivity contribution in [3.63, 3.8) is 0 Å². The highest BCUT2D eigenvalue weighted by molar-refractivity contribution is 5.93. The normalized spacial score (nSPS) is 15.3. The van der Waals surface area contributed by atoms with Crippen LogP contribution in [0.3, 0.4) is 0 Å². The van der Waals surface area contributed by atoms with Gasteiger partial charge in [-0.15, -0.1) is 0 Å². The minimum absolute atomic E-state index is 0.0826. The lowest BCUT2D eigenvalue weighted by molar-refractivity contribution is 0.0953. The van der Waals surface area contributed by atoms with E-state index in [0.717, 1.165) is 33.7 Å². The van der Waals surface area contributed by atoms with Crippen LogP contribution in [-0.4, -0.2) is 47.2 Å². The van der Waals surface area contributed by atoms with Crippen LogP contribution >= 0.6 is 0 Å². The van der Waals surface area contributed by atoms with E-state index in [2.05, 4.69) is 5.48 Å². The predicted octanol–water partition coefficient (Wildman–Crippen LogP) is 4.14. The second-order valence-corrected chi connectivity index (χ2v) is 8.86. The fourth-order valence-corrected chi connectivity index (χ4v) is 4.46. The van der Waals surface area contributed by atoms with E-state index < -0.39 is 0 Å². The number of benzene rings is 3. The zero-order valence-corrected chi connectivity index (χ0v) is 19.4. The van der Waals surface area contributed by atoms with Crippen molar-refractivity contribution < 1.29 is 24.6 Å². The first-order chi connectivity index (χ1) is 17.1. The van der Waals surface area contributed by atoms with Gasteiger partial charge in [0, 0.05) is 25.3 Å². The molecular weight excluding hydrogens is 446 g/mol. The summed E-state index contributed by atoms with van der Waals surface area (Å²) in [6.45, 7) is 2.03. The second-order valence-electron chi connectivity index (χ2n) is 8.86. The molecule has 8 heteroatoms. The van der Waals surface area contributed by atoms with Crippen LogP contribution in [0.25, 0.3) is 11.1 Å². The van der Waals surface area contributed by atoms with Crippen LogP contribution in [0.1, 0.15) is 24.0 Å². The van der Waals surface area contributed by atoms with Gasteiger partial charge in [0.1, 0.15) is 0 Å². The molecule has 3 aromatic rings. The molecule has 8 nitrogen and oxygen atoms in total. The Morgan fingerprint density at radius 2 is 1.66 bits per heavy atom. The highest BCUT2D eigenvalue weighted by Crippen LogP contribution is 2.37. The third-order valence-corrected chi connectivity index (χ3v) is 6.48. The van der Waals surface area contributed by atoms with Gasteiger partial charge in [0.2, 0.25) is 6.79 Å². The number of aliphatic hydroxyl groups excluding tert-OH is 1. The van der Waals surface area contributed by atoms with Gasteiger partial charge in [-0.05, 0) is 59.4 Å². The molecule has 2 heterocycles. The molecule has 2 aliphatic heterocycles. The first-order valence-corrected chi connectivity index (χ1v) is 11.8. The van der Waals surface area contributed by atoms with Gasteiger partial charge in [-0.1, -0.05) is 42.5 Å². The molecule has 0 saturated carbocycles. The summed E-state index contributed by atoms with van der Waals surface area (Å²) >= 11 is 0. The molecule has 2 aliphatic rings. The maximum Gasteiger partial charge on any atom is 0.324 e. The van der Waals surface area contributed by atoms with E-state index in [0.29, 0.717) is 44.8 Å². The molecule has 2 amide bonds. The van der Waals surface area contributed by atoms with Gasteiger partial charge >= 0.3 is 6.03 Å². The third kappa shape index (κ3) is 5.24. The fraction of sp³-hybridized carbons (Fsp3) is 0.296. The molecule has 1 saturated heterocycles. The summed E-state index contributed by atoms with van der Waals surface area (Å²) in [6.07, 6.45) is 0.814. The minimum Gasteiger partial charge on any atom is -0.454 e. The van der Waals surface area contributed by atoms with Crippen LogP contribution < -0.4 is 19.9 Å². The third-order valence-electron chi connectivity index (χ3n) is 6.48. The van der Waals surface area contributed by atoms with Crippen molar-refractivity contribution in [3.8, 4) is 22.6 Å². The molecule has 3 aromatic carbocycles. The number of anilines is 1. The number of carbonyl (C=O) groups excluding carboxylic acids is 1. The molecule has 0 bridgehead atoms. The number of nitrogens with zero attached hydrogens (tertiary/aromatic N) is 2. The SMILES string of the molecule is O=C(N1CCC(O)CC1)N(Cc1ccc(CNO)cc1)c1cccc(-c2ccc3c(c2)OCO3)c1. The maximum atomic E-state index is 13.7. The van der Waals surface area contributed by atoms with Crippen molar-refractivity contribution in [3.05, 3.63) is 77.9 Å². The Labute approximate surface area is 204 Å². The first kappa shape index (κ1) is 23.2. The summed E-state index contributed by atoms with van der Waals surface area (Å²) in [5.74, 6) is 1.44. The van der Waals surface area contributed by atoms with E-state index in [-0.39, 0.29) is 18.9 Å². The molecule has 0 radical (unpaired) electrons. The Kier molecular flexibility index (Phi) is 6.85. The number of nitrogens with one attached hydrogen (secondary N) is 1. The average Bonchev–Trinajstić information content (AvgIpc) is 3.37. The monoisotopic (exact) mass is 475 g/mol. The average molecular weight is 476 g/mol. The molecule has 182 valence electrons. The quantitative estimate of drug-likeness (QED) is 0.464. The number of ether oxygens (including phenoxy) is 2. The Balaban J connectivity index is 1.45. The summed E-state index contributed by atoms with van der Waals surface area (Å²) < 4.78 is 11.0. The van der Waals surface area contributed by atoms with Crippen molar-refractivity contribution in [2.75, 3.05) is 24.8 Å². The number of hydroxylamine groups is 1. The number of hydrogen-bond acceptors (Lipinski definition) is 6. The second kappa shape index (κ2) is 10.4. The van der Waals surface area contributed by atoms with Crippen LogP contribution in [0.15, 0.2) is 66.7 Å². The van der Waals surface area contributed by atoms with E-state index in [1.165, 1.54) is 0 Å². The van der Waals surface area contributed by atoms with Crippen molar-refractivity contribution >= 4 is 11.7 Å². The Morgan fingerprint density at radius 3 is 2.43 bits per heavy atom. The maximum absolute atomic E-state index is 13.7. The number of aliphatic hydroxyl groups is 1. The molecule has 0 spiro atoms. The summed E-state index contributed by atoms with van der Waals surface area (Å²) in [5.41, 5.74) is 6.83. The number of rotatable bonds is 6. The van der Waals surface area contributed by atoms with Crippen molar-refractivity contribution in [2.24, 2.45) is 0 Å². The minimum atomic E-state index is -0.352. The lowest BCUT2D eigenvalue weighted by atomic mass is 10.0. The molecule has 5 rings (SSSR count). The van der Waals surface area contributed by atoms with Gasteiger partial charge in [0.25, 0.3) is 0 Å². The largest absolute Gasteiger partial charge is 0.454 e. The van der Waals surface area contributed by atoms with Gasteiger partial charge in [0.05, 0.1) is 12.6 Å². The zero-order chi connectivity index (χ0) is 24.2. The number of amides is 2. The number of fused-ring (bicyclic) bond motifs is 1. The van der Waals surface area contributed by atoms with Gasteiger partial charge in [-0.3, -0.25) is 4.90 Å². The summed E-state index contributed by atoms with van der Waals surface area (Å²) in [4.78, 5) is 17.3. The van der Waals surface area contributed by atoms with Crippen LogP contribution in [0.4, 0.5) is 10.5 Å². The first-order valence-electron chi connectivity index (χ1n) is 11.8. The number of likely N-dealkylation sites (tertiary alicyclic amines) is 1. The molecule has 0 aliphatic carbocycles. The van der Waals surface area contributed by atoms with E-state index in [4.69, 9.17) is 14.7 Å². The van der Waals surface area contributed by atoms with Crippen LogP contribution in [-0.2, 0) is 13.1 Å². The number of piperidine rings is 1. The molecule has 0 atom stereocenters. The molecule has 1 fully saturated rings. The van der Waals surface area contributed by atoms with E-state index in [9.17, 15) is 9.90 Å². The number of urea groups is 1. The smallest absolute Gasteiger partial charge is 0.324 e. The van der Waals surface area contributed by atoms with E-state index >= 15 is 0 Å². The van der Waals surface area contributed by atoms with E-state index in [1.807, 2.05) is 71.6 Å². The van der Waals surface area contributed by atoms with Gasteiger partial charge < -0.3 is 24.7 Å². The highest BCUT2D eigenvalue weighted by Gasteiger charge is 2.27. The van der Waals surface area contributed by atoms with Crippen LogP contribution in [0.2, 0.25) is 0 Å². The van der Waals surface area contributed by atoms with Crippen LogP contribution in [0.5, 0.6) is 11.5 Å². The fourth-order valence-electron chi connectivity index (χ4n) is 4.46. The van der Waals surface area contributed by atoms with Gasteiger partial charge in [-0.25, -0.2) is 10.3 Å². The summed E-state index contributed by atoms with van der Waals surface area (Å²) in [5, 5.41) is 18.9. The number of carbonyl (C=O) groups is 1. The Morgan fingerprint density at radius 1 is 0.943 bits per heavy atom. The van der Waals surface area contributed by atoms with Crippen molar-refractivity contribution in [2.45, 2.75) is 32.0 Å². The van der Waals surface area contributed by atoms with Gasteiger partial charge in [0.15, 0.2) is 11.5 Å². The molecule has 35 heavy (non-hydrogen) atoms. The van der Waals surface area contributed by atoms with Crippen molar-refractivity contribution in [1.29, 1.82) is 0 Å². The van der Waals surface area contributed by atoms with E-state index in [1.54, 1.807) is 4.90 Å². The highest BCUT2D eigenvalue weighted by atomic mass is 16.7. The van der Waals surface area contributed by atoms with Crippen LogP contribution in [0, 0.1) is 0 Å². The topological polar surface area (TPSA) is 94.5 Å². The lowest BCUT2D eigenvalue weighted by Crippen LogP contribution is -2.47. The predicted molar refractivity (Wildman–Crippen MR) is 131 cm³/mol. The Bertz CT molecular complexity index is 1180.